The lowest BCUT2D eigenvalue weighted by molar-refractivity contribution is -0.167. The maximum Gasteiger partial charge on any atom is 0.306 e. The van der Waals surface area contributed by atoms with Gasteiger partial charge in [0.25, 0.3) is 0 Å². The van der Waals surface area contributed by atoms with Crippen molar-refractivity contribution in [3.05, 3.63) is 0 Å². The molecule has 2 atom stereocenters. The largest absolute Gasteiger partial charge is 0.462 e. The summed E-state index contributed by atoms with van der Waals surface area (Å²) in [6, 6.07) is 0. The van der Waals surface area contributed by atoms with Gasteiger partial charge in [-0.15, -0.1) is 0 Å². The smallest absolute Gasteiger partial charge is 0.306 e. The number of carbonyl (C=O) groups excluding carboxylic acids is 3. The summed E-state index contributed by atoms with van der Waals surface area (Å²) in [4.78, 5) is 38.1. The number of esters is 3. The standard InChI is InChI=1S/C59H114O6/c1-6-8-9-10-11-12-22-31-36-41-46-51-59(62)65-56(53-64-58(61)50-45-40-35-30-26-21-23-27-32-37-42-47-54(3)4)52-63-57(60)49-44-39-34-29-25-20-18-16-14-13-15-17-19-24-28-33-38-43-48-55(5)7-2/h54-56H,6-53H2,1-5H3/t55?,56-/m1/s1. The molecule has 0 heterocycles. The minimum Gasteiger partial charge on any atom is -0.462 e. The molecule has 0 aromatic carbocycles. The maximum atomic E-state index is 12.8. The molecule has 0 N–H and O–H groups in total. The number of rotatable bonds is 53. The summed E-state index contributed by atoms with van der Waals surface area (Å²) in [5.41, 5.74) is 0. The molecule has 0 fully saturated rings. The van der Waals surface area contributed by atoms with Crippen LogP contribution in [0.15, 0.2) is 0 Å². The predicted molar refractivity (Wildman–Crippen MR) is 280 cm³/mol. The van der Waals surface area contributed by atoms with Crippen LogP contribution in [0.1, 0.15) is 330 Å². The van der Waals surface area contributed by atoms with E-state index in [2.05, 4.69) is 34.6 Å². The van der Waals surface area contributed by atoms with Crippen molar-refractivity contribution >= 4 is 17.9 Å². The number of unbranched alkanes of at least 4 members (excludes halogenated alkanes) is 37. The first kappa shape index (κ1) is 63.4. The van der Waals surface area contributed by atoms with E-state index >= 15 is 0 Å². The highest BCUT2D eigenvalue weighted by Gasteiger charge is 2.19. The second kappa shape index (κ2) is 51.8. The van der Waals surface area contributed by atoms with Crippen LogP contribution < -0.4 is 0 Å². The second-order valence-electron chi connectivity index (χ2n) is 21.0. The van der Waals surface area contributed by atoms with Gasteiger partial charge in [-0.1, -0.05) is 291 Å². The summed E-state index contributed by atoms with van der Waals surface area (Å²) in [6.45, 7) is 11.4. The third-order valence-corrected chi connectivity index (χ3v) is 13.8. The van der Waals surface area contributed by atoms with Gasteiger partial charge < -0.3 is 14.2 Å². The highest BCUT2D eigenvalue weighted by atomic mass is 16.6. The molecule has 0 amide bonds. The van der Waals surface area contributed by atoms with Crippen LogP contribution in [0.5, 0.6) is 0 Å². The lowest BCUT2D eigenvalue weighted by Gasteiger charge is -2.18. The van der Waals surface area contributed by atoms with Crippen LogP contribution in [0.3, 0.4) is 0 Å². The maximum absolute atomic E-state index is 12.8. The van der Waals surface area contributed by atoms with E-state index in [-0.39, 0.29) is 31.1 Å². The van der Waals surface area contributed by atoms with Crippen LogP contribution in [-0.4, -0.2) is 37.2 Å². The van der Waals surface area contributed by atoms with Gasteiger partial charge in [0.2, 0.25) is 0 Å². The van der Waals surface area contributed by atoms with E-state index in [1.54, 1.807) is 0 Å². The number of hydrogen-bond acceptors (Lipinski definition) is 6. The molecule has 0 aliphatic rings. The lowest BCUT2D eigenvalue weighted by atomic mass is 9.99. The molecular formula is C59H114O6. The molecular weight excluding hydrogens is 805 g/mol. The van der Waals surface area contributed by atoms with Crippen LogP contribution in [0, 0.1) is 11.8 Å². The Kier molecular flexibility index (Phi) is 50.5. The second-order valence-corrected chi connectivity index (χ2v) is 21.0. The Morgan fingerprint density at radius 3 is 0.877 bits per heavy atom. The zero-order chi connectivity index (χ0) is 47.5. The molecule has 0 radical (unpaired) electrons. The molecule has 0 aliphatic heterocycles. The van der Waals surface area contributed by atoms with Crippen molar-refractivity contribution in [2.24, 2.45) is 11.8 Å². The Bertz CT molecular complexity index is 995. The third kappa shape index (κ3) is 51.6. The van der Waals surface area contributed by atoms with E-state index in [1.807, 2.05) is 0 Å². The summed E-state index contributed by atoms with van der Waals surface area (Å²) in [6.07, 6.45) is 55.2. The van der Waals surface area contributed by atoms with Crippen molar-refractivity contribution in [2.45, 2.75) is 336 Å². The van der Waals surface area contributed by atoms with E-state index < -0.39 is 6.10 Å². The fourth-order valence-electron chi connectivity index (χ4n) is 9.02. The van der Waals surface area contributed by atoms with Crippen molar-refractivity contribution in [3.63, 3.8) is 0 Å². The fraction of sp³-hybridized carbons (Fsp3) is 0.949. The SMILES string of the molecule is CCCCCCCCCCCCCC(=O)O[C@H](COC(=O)CCCCCCCCCCCCCCCCCCCCC(C)CC)COC(=O)CCCCCCCCCCCCCC(C)C. The molecule has 6 nitrogen and oxygen atoms in total. The van der Waals surface area contributed by atoms with Crippen LogP contribution in [-0.2, 0) is 28.6 Å². The molecule has 0 bridgehead atoms. The monoisotopic (exact) mass is 919 g/mol. The van der Waals surface area contributed by atoms with Crippen LogP contribution in [0.2, 0.25) is 0 Å². The molecule has 0 aromatic heterocycles. The zero-order valence-corrected chi connectivity index (χ0v) is 44.6. The Morgan fingerprint density at radius 2 is 0.585 bits per heavy atom. The van der Waals surface area contributed by atoms with Gasteiger partial charge in [0.05, 0.1) is 0 Å². The van der Waals surface area contributed by atoms with Crippen molar-refractivity contribution < 1.29 is 28.6 Å². The van der Waals surface area contributed by atoms with E-state index in [1.165, 1.54) is 218 Å². The van der Waals surface area contributed by atoms with Gasteiger partial charge in [0.15, 0.2) is 6.10 Å². The Balaban J connectivity index is 4.19. The lowest BCUT2D eigenvalue weighted by Crippen LogP contribution is -2.30. The molecule has 0 spiro atoms. The number of hydrogen-bond donors (Lipinski definition) is 0. The highest BCUT2D eigenvalue weighted by Crippen LogP contribution is 2.19. The van der Waals surface area contributed by atoms with Crippen LogP contribution in [0.25, 0.3) is 0 Å². The summed E-state index contributed by atoms with van der Waals surface area (Å²) in [5, 5.41) is 0. The Labute approximate surface area is 406 Å². The van der Waals surface area contributed by atoms with Gasteiger partial charge >= 0.3 is 17.9 Å². The van der Waals surface area contributed by atoms with Crippen molar-refractivity contribution in [3.8, 4) is 0 Å². The molecule has 0 rings (SSSR count). The molecule has 0 saturated carbocycles. The third-order valence-electron chi connectivity index (χ3n) is 13.8. The van der Waals surface area contributed by atoms with E-state index in [4.69, 9.17) is 14.2 Å². The van der Waals surface area contributed by atoms with Gasteiger partial charge in [-0.05, 0) is 31.1 Å². The Morgan fingerprint density at radius 1 is 0.323 bits per heavy atom. The van der Waals surface area contributed by atoms with Gasteiger partial charge in [-0.3, -0.25) is 14.4 Å². The van der Waals surface area contributed by atoms with Crippen molar-refractivity contribution in [1.82, 2.24) is 0 Å². The van der Waals surface area contributed by atoms with Gasteiger partial charge in [0, 0.05) is 19.3 Å². The van der Waals surface area contributed by atoms with Gasteiger partial charge in [0.1, 0.15) is 13.2 Å². The molecule has 386 valence electrons. The van der Waals surface area contributed by atoms with Gasteiger partial charge in [-0.25, -0.2) is 0 Å². The summed E-state index contributed by atoms with van der Waals surface area (Å²) in [5.74, 6) is 0.896. The summed E-state index contributed by atoms with van der Waals surface area (Å²) >= 11 is 0. The van der Waals surface area contributed by atoms with E-state index in [0.717, 1.165) is 69.6 Å². The average molecular weight is 920 g/mol. The average Bonchev–Trinajstić information content (AvgIpc) is 3.29. The normalized spacial score (nSPS) is 12.5. The van der Waals surface area contributed by atoms with Crippen molar-refractivity contribution in [1.29, 1.82) is 0 Å². The predicted octanol–water partition coefficient (Wildman–Crippen LogP) is 19.3. The molecule has 65 heavy (non-hydrogen) atoms. The molecule has 0 aliphatic carbocycles. The van der Waals surface area contributed by atoms with Crippen LogP contribution in [0.4, 0.5) is 0 Å². The molecule has 1 unspecified atom stereocenters. The van der Waals surface area contributed by atoms with Gasteiger partial charge in [-0.2, -0.15) is 0 Å². The summed E-state index contributed by atoms with van der Waals surface area (Å²) < 4.78 is 16.9. The zero-order valence-electron chi connectivity index (χ0n) is 44.6. The van der Waals surface area contributed by atoms with E-state index in [9.17, 15) is 14.4 Å². The molecule has 6 heteroatoms. The first-order valence-corrected chi connectivity index (χ1v) is 29.3. The number of carbonyl (C=O) groups is 3. The van der Waals surface area contributed by atoms with Crippen LogP contribution >= 0.6 is 0 Å². The quantitative estimate of drug-likeness (QED) is 0.0344. The van der Waals surface area contributed by atoms with Crippen molar-refractivity contribution in [2.75, 3.05) is 13.2 Å². The first-order chi connectivity index (χ1) is 31.8. The minimum atomic E-state index is -0.762. The number of ether oxygens (including phenoxy) is 3. The summed E-state index contributed by atoms with van der Waals surface area (Å²) in [7, 11) is 0. The molecule has 0 saturated heterocycles. The fourth-order valence-corrected chi connectivity index (χ4v) is 9.02. The molecule has 0 aromatic rings. The highest BCUT2D eigenvalue weighted by molar-refractivity contribution is 5.71. The first-order valence-electron chi connectivity index (χ1n) is 29.3. The topological polar surface area (TPSA) is 78.9 Å². The minimum absolute atomic E-state index is 0.0627. The Hall–Kier alpha value is -1.59. The van der Waals surface area contributed by atoms with E-state index in [0.29, 0.717) is 19.3 Å².